The topological polar surface area (TPSA) is 17.1 Å². The SMILES string of the molecule is CCCCCCCCCCCCCCCCCC[C@H](C)C(C)=O. The van der Waals surface area contributed by atoms with E-state index >= 15 is 0 Å². The van der Waals surface area contributed by atoms with Crippen LogP contribution in [0.3, 0.4) is 0 Å². The Morgan fingerprint density at radius 2 is 0.913 bits per heavy atom. The number of carbonyl (C=O) groups is 1. The van der Waals surface area contributed by atoms with Gasteiger partial charge >= 0.3 is 0 Å². The third kappa shape index (κ3) is 17.9. The molecule has 1 atom stereocenters. The first kappa shape index (κ1) is 22.7. The van der Waals surface area contributed by atoms with Crippen LogP contribution in [0.5, 0.6) is 0 Å². The molecule has 0 radical (unpaired) electrons. The van der Waals surface area contributed by atoms with Crippen molar-refractivity contribution < 1.29 is 4.79 Å². The van der Waals surface area contributed by atoms with Gasteiger partial charge in [0.15, 0.2) is 0 Å². The first-order chi connectivity index (χ1) is 11.2. The number of unbranched alkanes of at least 4 members (excludes halogenated alkanes) is 15. The van der Waals surface area contributed by atoms with Crippen molar-refractivity contribution in [2.75, 3.05) is 0 Å². The highest BCUT2D eigenvalue weighted by Gasteiger charge is 2.05. The quantitative estimate of drug-likeness (QED) is 0.234. The van der Waals surface area contributed by atoms with Crippen molar-refractivity contribution >= 4 is 5.78 Å². The largest absolute Gasteiger partial charge is 0.300 e. The number of ketones is 1. The molecule has 0 N–H and O–H groups in total. The summed E-state index contributed by atoms with van der Waals surface area (Å²) in [5.41, 5.74) is 0. The molecular formula is C22H44O. The summed E-state index contributed by atoms with van der Waals surface area (Å²) in [6, 6.07) is 0. The van der Waals surface area contributed by atoms with Gasteiger partial charge in [0, 0.05) is 5.92 Å². The molecule has 0 unspecified atom stereocenters. The van der Waals surface area contributed by atoms with Gasteiger partial charge in [0.2, 0.25) is 0 Å². The molecule has 0 aliphatic carbocycles. The van der Waals surface area contributed by atoms with E-state index in [2.05, 4.69) is 13.8 Å². The van der Waals surface area contributed by atoms with E-state index in [-0.39, 0.29) is 5.92 Å². The minimum Gasteiger partial charge on any atom is -0.300 e. The fourth-order valence-corrected chi connectivity index (χ4v) is 3.20. The second kappa shape index (κ2) is 18.0. The summed E-state index contributed by atoms with van der Waals surface area (Å²) in [5, 5.41) is 0. The van der Waals surface area contributed by atoms with Crippen LogP contribution in [-0.2, 0) is 4.79 Å². The zero-order valence-corrected chi connectivity index (χ0v) is 16.5. The molecule has 0 saturated carbocycles. The summed E-state index contributed by atoms with van der Waals surface area (Å²) in [6.45, 7) is 6.07. The summed E-state index contributed by atoms with van der Waals surface area (Å²) in [4.78, 5) is 11.1. The lowest BCUT2D eigenvalue weighted by molar-refractivity contribution is -0.120. The number of hydrogen-bond acceptors (Lipinski definition) is 1. The van der Waals surface area contributed by atoms with Crippen molar-refractivity contribution in [2.24, 2.45) is 5.92 Å². The van der Waals surface area contributed by atoms with Gasteiger partial charge in [0.1, 0.15) is 5.78 Å². The smallest absolute Gasteiger partial charge is 0.132 e. The molecule has 0 rings (SSSR count). The number of hydrogen-bond donors (Lipinski definition) is 0. The molecule has 0 heterocycles. The van der Waals surface area contributed by atoms with E-state index in [0.717, 1.165) is 6.42 Å². The highest BCUT2D eigenvalue weighted by Crippen LogP contribution is 2.15. The van der Waals surface area contributed by atoms with Crippen LogP contribution in [0.15, 0.2) is 0 Å². The van der Waals surface area contributed by atoms with Gasteiger partial charge in [-0.25, -0.2) is 0 Å². The summed E-state index contributed by atoms with van der Waals surface area (Å²) in [7, 11) is 0. The van der Waals surface area contributed by atoms with Gasteiger partial charge in [-0.05, 0) is 13.3 Å². The lowest BCUT2D eigenvalue weighted by Crippen LogP contribution is -2.05. The maximum Gasteiger partial charge on any atom is 0.132 e. The van der Waals surface area contributed by atoms with Crippen molar-refractivity contribution in [1.29, 1.82) is 0 Å². The monoisotopic (exact) mass is 324 g/mol. The molecule has 0 aromatic carbocycles. The molecule has 0 spiro atoms. The third-order valence-electron chi connectivity index (χ3n) is 5.18. The average Bonchev–Trinajstić information content (AvgIpc) is 2.54. The molecule has 0 aromatic heterocycles. The lowest BCUT2D eigenvalue weighted by Gasteiger charge is -2.06. The van der Waals surface area contributed by atoms with E-state index in [1.54, 1.807) is 6.92 Å². The minimum atomic E-state index is 0.279. The second-order valence-electron chi connectivity index (χ2n) is 7.60. The van der Waals surface area contributed by atoms with Crippen LogP contribution in [-0.4, -0.2) is 5.78 Å². The Bertz CT molecular complexity index is 246. The first-order valence-electron chi connectivity index (χ1n) is 10.7. The van der Waals surface area contributed by atoms with E-state index in [9.17, 15) is 4.79 Å². The molecule has 1 heteroatoms. The second-order valence-corrected chi connectivity index (χ2v) is 7.60. The van der Waals surface area contributed by atoms with Crippen molar-refractivity contribution in [3.8, 4) is 0 Å². The number of carbonyl (C=O) groups excluding carboxylic acids is 1. The van der Waals surface area contributed by atoms with E-state index < -0.39 is 0 Å². The zero-order valence-electron chi connectivity index (χ0n) is 16.5. The van der Waals surface area contributed by atoms with Crippen LogP contribution in [0, 0.1) is 5.92 Å². The van der Waals surface area contributed by atoms with Crippen LogP contribution in [0.1, 0.15) is 130 Å². The van der Waals surface area contributed by atoms with Crippen LogP contribution in [0.4, 0.5) is 0 Å². The minimum absolute atomic E-state index is 0.279. The molecule has 0 aliphatic rings. The average molecular weight is 325 g/mol. The molecule has 23 heavy (non-hydrogen) atoms. The fraction of sp³-hybridized carbons (Fsp3) is 0.955. The molecule has 0 fully saturated rings. The van der Waals surface area contributed by atoms with Crippen molar-refractivity contribution in [1.82, 2.24) is 0 Å². The predicted molar refractivity (Wildman–Crippen MR) is 104 cm³/mol. The summed E-state index contributed by atoms with van der Waals surface area (Å²) >= 11 is 0. The Labute approximate surface area is 147 Å². The van der Waals surface area contributed by atoms with Crippen molar-refractivity contribution in [3.05, 3.63) is 0 Å². The zero-order chi connectivity index (χ0) is 17.2. The highest BCUT2D eigenvalue weighted by molar-refractivity contribution is 5.77. The van der Waals surface area contributed by atoms with Crippen molar-refractivity contribution in [2.45, 2.75) is 130 Å². The molecule has 0 aliphatic heterocycles. The van der Waals surface area contributed by atoms with Crippen LogP contribution in [0.25, 0.3) is 0 Å². The Balaban J connectivity index is 3.04. The van der Waals surface area contributed by atoms with Crippen LogP contribution < -0.4 is 0 Å². The van der Waals surface area contributed by atoms with Gasteiger partial charge in [-0.2, -0.15) is 0 Å². The highest BCUT2D eigenvalue weighted by atomic mass is 16.1. The Morgan fingerprint density at radius 3 is 1.22 bits per heavy atom. The van der Waals surface area contributed by atoms with E-state index in [0.29, 0.717) is 5.78 Å². The molecule has 138 valence electrons. The summed E-state index contributed by atoms with van der Waals surface area (Å²) in [5.74, 6) is 0.632. The maximum atomic E-state index is 11.1. The maximum absolute atomic E-state index is 11.1. The van der Waals surface area contributed by atoms with Gasteiger partial charge in [-0.15, -0.1) is 0 Å². The van der Waals surface area contributed by atoms with Gasteiger partial charge in [0.25, 0.3) is 0 Å². The van der Waals surface area contributed by atoms with Crippen LogP contribution >= 0.6 is 0 Å². The Hall–Kier alpha value is -0.330. The Morgan fingerprint density at radius 1 is 0.609 bits per heavy atom. The molecule has 0 saturated heterocycles. The molecule has 1 nitrogen and oxygen atoms in total. The molecule has 0 bridgehead atoms. The van der Waals surface area contributed by atoms with Gasteiger partial charge in [-0.1, -0.05) is 117 Å². The van der Waals surface area contributed by atoms with Gasteiger partial charge in [-0.3, -0.25) is 4.79 Å². The van der Waals surface area contributed by atoms with E-state index in [1.807, 2.05) is 0 Å². The number of Topliss-reactive ketones (excluding diaryl/α,β-unsaturated/α-hetero) is 1. The fourth-order valence-electron chi connectivity index (χ4n) is 3.20. The normalized spacial score (nSPS) is 12.5. The standard InChI is InChI=1S/C22H44O/c1-4-5-6-7-8-9-10-11-12-13-14-15-16-17-18-19-20-21(2)22(3)23/h21H,4-20H2,1-3H3/t21-/m0/s1. The predicted octanol–water partition coefficient (Wildman–Crippen LogP) is 7.86. The van der Waals surface area contributed by atoms with Crippen LogP contribution in [0.2, 0.25) is 0 Å². The summed E-state index contributed by atoms with van der Waals surface area (Å²) in [6.07, 6.45) is 23.7. The first-order valence-corrected chi connectivity index (χ1v) is 10.7. The van der Waals surface area contributed by atoms with E-state index in [1.165, 1.54) is 103 Å². The van der Waals surface area contributed by atoms with Gasteiger partial charge in [0.05, 0.1) is 0 Å². The molecule has 0 aromatic rings. The summed E-state index contributed by atoms with van der Waals surface area (Å²) < 4.78 is 0. The number of rotatable bonds is 18. The molecular weight excluding hydrogens is 280 g/mol. The third-order valence-corrected chi connectivity index (χ3v) is 5.18. The lowest BCUT2D eigenvalue weighted by atomic mass is 9.98. The van der Waals surface area contributed by atoms with E-state index in [4.69, 9.17) is 0 Å². The molecule has 0 amide bonds. The Kier molecular flexibility index (Phi) is 17.8. The van der Waals surface area contributed by atoms with Gasteiger partial charge < -0.3 is 0 Å². The van der Waals surface area contributed by atoms with Crippen molar-refractivity contribution in [3.63, 3.8) is 0 Å².